The van der Waals surface area contributed by atoms with Gasteiger partial charge >= 0.3 is 5.97 Å². The van der Waals surface area contributed by atoms with Crippen LogP contribution in [-0.4, -0.2) is 26.5 Å². The third-order valence-electron chi connectivity index (χ3n) is 2.59. The molecule has 0 aliphatic carbocycles. The van der Waals surface area contributed by atoms with Crippen molar-refractivity contribution in [1.29, 1.82) is 0 Å². The van der Waals surface area contributed by atoms with Gasteiger partial charge in [-0.05, 0) is 19.1 Å². The summed E-state index contributed by atoms with van der Waals surface area (Å²) in [5.74, 6) is -1.52. The SMILES string of the molecule is Cc1ccc(NC(=O)c2cn(C)cn2)c(C(=O)O)c1. The Morgan fingerprint density at radius 1 is 1.37 bits per heavy atom. The number of aryl methyl sites for hydroxylation is 2. The van der Waals surface area contributed by atoms with E-state index in [2.05, 4.69) is 10.3 Å². The predicted molar refractivity (Wildman–Crippen MR) is 69.3 cm³/mol. The molecule has 2 aromatic rings. The molecule has 0 saturated carbocycles. The van der Waals surface area contributed by atoms with Crippen molar-refractivity contribution in [1.82, 2.24) is 9.55 Å². The van der Waals surface area contributed by atoms with Crippen molar-refractivity contribution in [3.8, 4) is 0 Å². The van der Waals surface area contributed by atoms with E-state index in [1.165, 1.54) is 12.4 Å². The summed E-state index contributed by atoms with van der Waals surface area (Å²) in [4.78, 5) is 26.9. The van der Waals surface area contributed by atoms with Crippen molar-refractivity contribution in [2.75, 3.05) is 5.32 Å². The fourth-order valence-corrected chi connectivity index (χ4v) is 1.66. The van der Waals surface area contributed by atoms with Crippen LogP contribution in [0.3, 0.4) is 0 Å². The van der Waals surface area contributed by atoms with E-state index < -0.39 is 11.9 Å². The second kappa shape index (κ2) is 4.93. The van der Waals surface area contributed by atoms with E-state index in [9.17, 15) is 9.59 Å². The first-order valence-electron chi connectivity index (χ1n) is 5.60. The highest BCUT2D eigenvalue weighted by molar-refractivity contribution is 6.06. The molecule has 0 radical (unpaired) electrons. The van der Waals surface area contributed by atoms with E-state index >= 15 is 0 Å². The van der Waals surface area contributed by atoms with Crippen LogP contribution in [0.15, 0.2) is 30.7 Å². The summed E-state index contributed by atoms with van der Waals surface area (Å²) in [6.45, 7) is 1.79. The van der Waals surface area contributed by atoms with Gasteiger partial charge < -0.3 is 15.0 Å². The van der Waals surface area contributed by atoms with Crippen molar-refractivity contribution in [2.24, 2.45) is 7.05 Å². The number of rotatable bonds is 3. The third-order valence-corrected chi connectivity index (χ3v) is 2.59. The van der Waals surface area contributed by atoms with Crippen molar-refractivity contribution in [3.63, 3.8) is 0 Å². The van der Waals surface area contributed by atoms with Gasteiger partial charge in [-0.15, -0.1) is 0 Å². The Kier molecular flexibility index (Phi) is 3.33. The lowest BCUT2D eigenvalue weighted by molar-refractivity contribution is 0.0698. The highest BCUT2D eigenvalue weighted by Crippen LogP contribution is 2.18. The van der Waals surface area contributed by atoms with Crippen LogP contribution >= 0.6 is 0 Å². The maximum absolute atomic E-state index is 11.9. The molecule has 6 nitrogen and oxygen atoms in total. The number of carbonyl (C=O) groups is 2. The Morgan fingerprint density at radius 2 is 2.11 bits per heavy atom. The number of imidazole rings is 1. The highest BCUT2D eigenvalue weighted by atomic mass is 16.4. The average molecular weight is 259 g/mol. The van der Waals surface area contributed by atoms with Gasteiger partial charge in [0.15, 0.2) is 0 Å². The summed E-state index contributed by atoms with van der Waals surface area (Å²) in [6.07, 6.45) is 3.06. The number of aromatic carboxylic acids is 1. The third kappa shape index (κ3) is 2.79. The van der Waals surface area contributed by atoms with Crippen molar-refractivity contribution in [3.05, 3.63) is 47.5 Å². The molecule has 19 heavy (non-hydrogen) atoms. The van der Waals surface area contributed by atoms with Gasteiger partial charge in [-0.25, -0.2) is 9.78 Å². The molecule has 1 aromatic heterocycles. The van der Waals surface area contributed by atoms with Gasteiger partial charge in [0.25, 0.3) is 5.91 Å². The minimum Gasteiger partial charge on any atom is -0.478 e. The molecule has 1 amide bonds. The number of hydrogen-bond acceptors (Lipinski definition) is 3. The number of nitrogens with one attached hydrogen (secondary N) is 1. The predicted octanol–water partition coefficient (Wildman–Crippen LogP) is 1.68. The van der Waals surface area contributed by atoms with Crippen LogP contribution in [0.2, 0.25) is 0 Å². The van der Waals surface area contributed by atoms with E-state index in [-0.39, 0.29) is 16.9 Å². The molecule has 0 atom stereocenters. The zero-order valence-corrected chi connectivity index (χ0v) is 10.5. The second-order valence-electron chi connectivity index (χ2n) is 4.23. The van der Waals surface area contributed by atoms with E-state index in [0.717, 1.165) is 5.56 Å². The molecule has 1 heterocycles. The number of benzene rings is 1. The zero-order chi connectivity index (χ0) is 14.0. The van der Waals surface area contributed by atoms with Gasteiger partial charge in [-0.1, -0.05) is 11.6 Å². The van der Waals surface area contributed by atoms with E-state index in [4.69, 9.17) is 5.11 Å². The molecular weight excluding hydrogens is 246 g/mol. The van der Waals surface area contributed by atoms with E-state index in [1.807, 2.05) is 0 Å². The van der Waals surface area contributed by atoms with Gasteiger partial charge in [0.05, 0.1) is 17.6 Å². The van der Waals surface area contributed by atoms with Gasteiger partial charge in [0.1, 0.15) is 5.69 Å². The Balaban J connectivity index is 2.28. The Hall–Kier alpha value is -2.63. The molecule has 1 aromatic carbocycles. The first-order chi connectivity index (χ1) is 8.97. The molecular formula is C13H13N3O3. The number of aromatic nitrogens is 2. The number of carbonyl (C=O) groups excluding carboxylic acids is 1. The summed E-state index contributed by atoms with van der Waals surface area (Å²) in [6, 6.07) is 4.82. The van der Waals surface area contributed by atoms with Crippen LogP contribution in [-0.2, 0) is 7.05 Å². The Labute approximate surface area is 109 Å². The number of nitrogens with zero attached hydrogens (tertiary/aromatic N) is 2. The molecule has 6 heteroatoms. The number of hydrogen-bond donors (Lipinski definition) is 2. The molecule has 0 fully saturated rings. The average Bonchev–Trinajstić information content (AvgIpc) is 2.78. The number of amides is 1. The molecule has 0 aliphatic heterocycles. The number of anilines is 1. The van der Waals surface area contributed by atoms with Gasteiger partial charge in [-0.2, -0.15) is 0 Å². The molecule has 0 unspecified atom stereocenters. The van der Waals surface area contributed by atoms with Gasteiger partial charge in [0.2, 0.25) is 0 Å². The monoisotopic (exact) mass is 259 g/mol. The number of carboxylic acid groups (broad SMARTS) is 1. The fourth-order valence-electron chi connectivity index (χ4n) is 1.66. The minimum atomic E-state index is -1.08. The van der Waals surface area contributed by atoms with E-state index in [1.54, 1.807) is 36.9 Å². The summed E-state index contributed by atoms with van der Waals surface area (Å²) >= 11 is 0. The number of carboxylic acids is 1. The summed E-state index contributed by atoms with van der Waals surface area (Å²) in [5, 5.41) is 11.7. The minimum absolute atomic E-state index is 0.0595. The topological polar surface area (TPSA) is 84.2 Å². The second-order valence-corrected chi connectivity index (χ2v) is 4.23. The van der Waals surface area contributed by atoms with Crippen LogP contribution in [0, 0.1) is 6.92 Å². The standard InChI is InChI=1S/C13H13N3O3/c1-8-3-4-10(9(5-8)13(18)19)15-12(17)11-6-16(2)7-14-11/h3-7H,1-2H3,(H,15,17)(H,18,19). The molecule has 0 spiro atoms. The summed E-state index contributed by atoms with van der Waals surface area (Å²) in [7, 11) is 1.75. The molecule has 0 aliphatic rings. The molecule has 0 saturated heterocycles. The summed E-state index contributed by atoms with van der Waals surface area (Å²) < 4.78 is 1.64. The van der Waals surface area contributed by atoms with Crippen LogP contribution in [0.25, 0.3) is 0 Å². The fraction of sp³-hybridized carbons (Fsp3) is 0.154. The van der Waals surface area contributed by atoms with E-state index in [0.29, 0.717) is 0 Å². The lowest BCUT2D eigenvalue weighted by Gasteiger charge is -2.08. The molecule has 2 N–H and O–H groups in total. The van der Waals surface area contributed by atoms with Crippen LogP contribution in [0.5, 0.6) is 0 Å². The van der Waals surface area contributed by atoms with Gasteiger partial charge in [-0.3, -0.25) is 4.79 Å². The normalized spacial score (nSPS) is 10.2. The smallest absolute Gasteiger partial charge is 0.337 e. The lowest BCUT2D eigenvalue weighted by Crippen LogP contribution is -2.15. The highest BCUT2D eigenvalue weighted by Gasteiger charge is 2.15. The Bertz CT molecular complexity index is 646. The lowest BCUT2D eigenvalue weighted by atomic mass is 10.1. The largest absolute Gasteiger partial charge is 0.478 e. The molecule has 98 valence electrons. The zero-order valence-electron chi connectivity index (χ0n) is 10.5. The molecule has 0 bridgehead atoms. The van der Waals surface area contributed by atoms with Crippen molar-refractivity contribution in [2.45, 2.75) is 6.92 Å². The summed E-state index contributed by atoms with van der Waals surface area (Å²) in [5.41, 5.74) is 1.37. The van der Waals surface area contributed by atoms with Crippen molar-refractivity contribution >= 4 is 17.6 Å². The van der Waals surface area contributed by atoms with Crippen LogP contribution < -0.4 is 5.32 Å². The quantitative estimate of drug-likeness (QED) is 0.878. The maximum Gasteiger partial charge on any atom is 0.337 e. The van der Waals surface area contributed by atoms with Crippen LogP contribution in [0.1, 0.15) is 26.4 Å². The van der Waals surface area contributed by atoms with Crippen LogP contribution in [0.4, 0.5) is 5.69 Å². The Morgan fingerprint density at radius 3 is 2.68 bits per heavy atom. The first kappa shape index (κ1) is 12.8. The maximum atomic E-state index is 11.9. The first-order valence-corrected chi connectivity index (χ1v) is 5.60. The van der Waals surface area contributed by atoms with Gasteiger partial charge in [0, 0.05) is 13.2 Å². The van der Waals surface area contributed by atoms with Crippen molar-refractivity contribution < 1.29 is 14.7 Å². The molecule has 2 rings (SSSR count).